The number of benzene rings is 3. The number of carbonyl (C=O) groups excluding carboxylic acids is 5. The van der Waals surface area contributed by atoms with Gasteiger partial charge in [0.05, 0.1) is 0 Å². The van der Waals surface area contributed by atoms with Gasteiger partial charge in [0, 0.05) is 89.2 Å². The SMILES string of the molecule is NC(=O)[C@H](Cc1c[nH]c2ccccc12)NC(=O)[C@H](CCCN=C(N)N)NC(=O)[C@H](Cc1c[nH]c2ccccc12)NC(=O)[C@H](CCCN=C(N)N)NC(=O)[C@H](Cc1c[nH]c2ccccc12)NC(O)=C1C=CC=C1. The van der Waals surface area contributed by atoms with Crippen molar-refractivity contribution in [3.05, 3.63) is 144 Å². The Balaban J connectivity index is 1.17. The fraction of sp³-hybridized carbons (Fsp3) is 0.275. The number of aliphatic hydroxyl groups is 1. The molecule has 0 spiro atoms. The summed E-state index contributed by atoms with van der Waals surface area (Å²) in [5.74, 6) is -4.19. The van der Waals surface area contributed by atoms with Gasteiger partial charge in [-0.25, -0.2) is 0 Å². The average Bonchev–Trinajstić information content (AvgIpc) is 4.21. The maximum Gasteiger partial charge on any atom is 0.243 e. The summed E-state index contributed by atoms with van der Waals surface area (Å²) in [6, 6.07) is 16.3. The summed E-state index contributed by atoms with van der Waals surface area (Å²) in [5.41, 5.74) is 33.3. The molecule has 72 heavy (non-hydrogen) atoms. The van der Waals surface area contributed by atoms with Gasteiger partial charge in [-0.1, -0.05) is 66.7 Å². The lowest BCUT2D eigenvalue weighted by molar-refractivity contribution is -0.134. The summed E-state index contributed by atoms with van der Waals surface area (Å²) >= 11 is 0. The molecular formula is C51H61N15O6. The molecule has 0 bridgehead atoms. The lowest BCUT2D eigenvalue weighted by atomic mass is 10.0. The topological polar surface area (TPSA) is 368 Å². The van der Waals surface area contributed by atoms with Crippen LogP contribution in [0.25, 0.3) is 32.7 Å². The van der Waals surface area contributed by atoms with E-state index in [4.69, 9.17) is 28.7 Å². The maximum absolute atomic E-state index is 14.8. The number of carbonyl (C=O) groups is 5. The fourth-order valence-electron chi connectivity index (χ4n) is 8.62. The number of aromatic amines is 3. The Morgan fingerprint density at radius 2 is 0.833 bits per heavy atom. The quantitative estimate of drug-likeness (QED) is 0.0169. The van der Waals surface area contributed by atoms with Gasteiger partial charge < -0.3 is 75.3 Å². The number of nitrogens with zero attached hydrogens (tertiary/aromatic N) is 2. The van der Waals surface area contributed by atoms with Gasteiger partial charge in [-0.3, -0.25) is 34.0 Å². The predicted molar refractivity (Wildman–Crippen MR) is 278 cm³/mol. The zero-order valence-corrected chi connectivity index (χ0v) is 39.5. The van der Waals surface area contributed by atoms with E-state index in [2.05, 4.69) is 51.5 Å². The van der Waals surface area contributed by atoms with Gasteiger partial charge in [0.2, 0.25) is 29.5 Å². The number of H-pyrrole nitrogens is 3. The fourth-order valence-corrected chi connectivity index (χ4v) is 8.62. The van der Waals surface area contributed by atoms with Crippen molar-refractivity contribution >= 4 is 74.2 Å². The number of nitrogens with one attached hydrogen (secondary N) is 8. The molecule has 5 atom stereocenters. The number of aliphatic hydroxyl groups excluding tert-OH is 1. The Bertz CT molecular complexity index is 3050. The smallest absolute Gasteiger partial charge is 0.243 e. The number of nitrogens with two attached hydrogens (primary N) is 5. The van der Waals surface area contributed by atoms with E-state index in [0.29, 0.717) is 11.1 Å². The molecule has 7 rings (SSSR count). The van der Waals surface area contributed by atoms with Crippen molar-refractivity contribution in [2.45, 2.75) is 75.2 Å². The van der Waals surface area contributed by atoms with Crippen LogP contribution in [0.3, 0.4) is 0 Å². The Hall–Kier alpha value is -9.01. The Morgan fingerprint density at radius 3 is 1.24 bits per heavy atom. The van der Waals surface area contributed by atoms with Crippen LogP contribution in [0.2, 0.25) is 0 Å². The Kier molecular flexibility index (Phi) is 17.0. The maximum atomic E-state index is 14.8. The van der Waals surface area contributed by atoms with Gasteiger partial charge in [0.1, 0.15) is 30.2 Å². The molecule has 21 nitrogen and oxygen atoms in total. The van der Waals surface area contributed by atoms with Gasteiger partial charge in [-0.05, 0) is 72.7 Å². The highest BCUT2D eigenvalue weighted by molar-refractivity contribution is 5.97. The van der Waals surface area contributed by atoms with E-state index in [1.54, 1.807) is 42.9 Å². The van der Waals surface area contributed by atoms with Crippen molar-refractivity contribution < 1.29 is 29.1 Å². The summed E-state index contributed by atoms with van der Waals surface area (Å²) in [7, 11) is 0. The van der Waals surface area contributed by atoms with E-state index in [-0.39, 0.29) is 75.8 Å². The molecular weight excluding hydrogens is 919 g/mol. The molecule has 0 saturated carbocycles. The predicted octanol–water partition coefficient (Wildman–Crippen LogP) is 1.54. The number of fused-ring (bicyclic) bond motifs is 3. The van der Waals surface area contributed by atoms with E-state index in [1.807, 2.05) is 72.8 Å². The first-order valence-corrected chi connectivity index (χ1v) is 23.5. The summed E-state index contributed by atoms with van der Waals surface area (Å²) in [4.78, 5) is 88.8. The second kappa shape index (κ2) is 24.0. The van der Waals surface area contributed by atoms with Gasteiger partial charge >= 0.3 is 0 Å². The van der Waals surface area contributed by atoms with Crippen LogP contribution in [0.1, 0.15) is 42.4 Å². The van der Waals surface area contributed by atoms with Crippen LogP contribution < -0.4 is 55.3 Å². The lowest BCUT2D eigenvalue weighted by Crippen LogP contribution is -2.59. The Labute approximate surface area is 414 Å². The number of primary amides is 1. The zero-order valence-electron chi connectivity index (χ0n) is 39.5. The molecule has 0 unspecified atom stereocenters. The molecule has 19 N–H and O–H groups in total. The molecule has 376 valence electrons. The van der Waals surface area contributed by atoms with E-state index in [0.717, 1.165) is 43.8 Å². The minimum absolute atomic E-state index is 0.0174. The summed E-state index contributed by atoms with van der Waals surface area (Å²) < 4.78 is 0. The lowest BCUT2D eigenvalue weighted by Gasteiger charge is -2.27. The van der Waals surface area contributed by atoms with Crippen LogP contribution in [-0.4, -0.2) is 105 Å². The van der Waals surface area contributed by atoms with Gasteiger partial charge in [0.15, 0.2) is 17.8 Å². The second-order valence-electron chi connectivity index (χ2n) is 17.5. The standard InChI is InChI=1S/C51H61N15O6/c52-44(67)41(23-30-26-59-36-16-6-3-13-33(30)36)64-46(69)39(19-9-21-57-50(53)54)62-49(72)43(25-32-28-61-38-18-8-5-15-35(32)38)66-47(70)40(20-10-22-58-51(55)56)63-48(71)42(65-45(68)29-11-1-2-12-29)24-31-27-60-37-17-7-4-14-34(31)37/h1-8,11-18,26-28,39-43,59-61,65,68H,9-10,19-25H2,(H2,52,67)(H,62,72)(H,63,71)(H,64,69)(H,66,70)(H4,53,54,57)(H4,55,56,58)/t39-,40-,41-,42-,43-/m0/s1. The number of rotatable bonds is 25. The first kappa shape index (κ1) is 50.9. The zero-order chi connectivity index (χ0) is 51.1. The minimum Gasteiger partial charge on any atom is -0.494 e. The van der Waals surface area contributed by atoms with Crippen LogP contribution in [0, 0.1) is 0 Å². The highest BCUT2D eigenvalue weighted by atomic mass is 16.3. The number of aliphatic imine (C=N–C) groups is 2. The van der Waals surface area contributed by atoms with Crippen molar-refractivity contribution in [1.82, 2.24) is 41.5 Å². The van der Waals surface area contributed by atoms with Crippen molar-refractivity contribution in [2.75, 3.05) is 13.1 Å². The molecule has 0 radical (unpaired) electrons. The normalized spacial score (nSPS) is 14.0. The van der Waals surface area contributed by atoms with Gasteiger partial charge in [-0.2, -0.15) is 0 Å². The van der Waals surface area contributed by atoms with E-state index in [1.165, 1.54) is 0 Å². The van der Waals surface area contributed by atoms with Gasteiger partial charge in [0.25, 0.3) is 0 Å². The van der Waals surface area contributed by atoms with Crippen LogP contribution in [0.4, 0.5) is 0 Å². The van der Waals surface area contributed by atoms with Crippen LogP contribution in [0.15, 0.2) is 137 Å². The molecule has 6 aromatic rings. The van der Waals surface area contributed by atoms with E-state index >= 15 is 0 Å². The first-order valence-electron chi connectivity index (χ1n) is 23.5. The van der Waals surface area contributed by atoms with Crippen LogP contribution in [0.5, 0.6) is 0 Å². The first-order chi connectivity index (χ1) is 34.7. The van der Waals surface area contributed by atoms with Crippen molar-refractivity contribution in [3.63, 3.8) is 0 Å². The third kappa shape index (κ3) is 13.4. The molecule has 0 saturated heterocycles. The van der Waals surface area contributed by atoms with Crippen molar-refractivity contribution in [2.24, 2.45) is 38.7 Å². The number of aromatic nitrogens is 3. The molecule has 21 heteroatoms. The number of para-hydroxylation sites is 3. The molecule has 1 aliphatic carbocycles. The van der Waals surface area contributed by atoms with E-state index < -0.39 is 59.7 Å². The molecule has 3 aromatic heterocycles. The molecule has 0 aliphatic heterocycles. The number of allylic oxidation sites excluding steroid dienone is 5. The second-order valence-corrected chi connectivity index (χ2v) is 17.5. The number of guanidine groups is 2. The number of hydrogen-bond donors (Lipinski definition) is 14. The summed E-state index contributed by atoms with van der Waals surface area (Å²) in [6.07, 6.45) is 12.7. The third-order valence-corrected chi connectivity index (χ3v) is 12.3. The van der Waals surface area contributed by atoms with Crippen LogP contribution in [-0.2, 0) is 43.2 Å². The summed E-state index contributed by atoms with van der Waals surface area (Å²) in [5, 5.41) is 27.9. The van der Waals surface area contributed by atoms with Gasteiger partial charge in [-0.15, -0.1) is 0 Å². The molecule has 3 heterocycles. The average molecular weight is 980 g/mol. The molecule has 5 amide bonds. The molecule has 1 aliphatic rings. The Morgan fingerprint density at radius 1 is 0.486 bits per heavy atom. The number of hydrogen-bond acceptors (Lipinski definition) is 9. The molecule has 0 fully saturated rings. The third-order valence-electron chi connectivity index (χ3n) is 12.3. The molecule has 3 aromatic carbocycles. The van der Waals surface area contributed by atoms with E-state index in [9.17, 15) is 29.1 Å². The van der Waals surface area contributed by atoms with Crippen molar-refractivity contribution in [1.29, 1.82) is 0 Å². The monoisotopic (exact) mass is 979 g/mol. The highest BCUT2D eigenvalue weighted by Crippen LogP contribution is 2.23. The largest absolute Gasteiger partial charge is 0.494 e. The van der Waals surface area contributed by atoms with Crippen LogP contribution >= 0.6 is 0 Å². The minimum atomic E-state index is -1.34. The number of amides is 5. The highest BCUT2D eigenvalue weighted by Gasteiger charge is 2.33. The van der Waals surface area contributed by atoms with Crippen molar-refractivity contribution in [3.8, 4) is 0 Å². The summed E-state index contributed by atoms with van der Waals surface area (Å²) in [6.45, 7) is 0.235.